The molecule has 33 heavy (non-hydrogen) atoms. The third-order valence-electron chi connectivity index (χ3n) is 5.62. The van der Waals surface area contributed by atoms with Crippen molar-refractivity contribution in [3.63, 3.8) is 0 Å². The van der Waals surface area contributed by atoms with Gasteiger partial charge in [0.05, 0.1) is 19.1 Å². The normalized spacial score (nSPS) is 15.8. The van der Waals surface area contributed by atoms with E-state index in [-0.39, 0.29) is 23.4 Å². The highest BCUT2D eigenvalue weighted by Gasteiger charge is 2.25. The van der Waals surface area contributed by atoms with Crippen LogP contribution >= 0.6 is 0 Å². The number of carbonyl (C=O) groups excluding carboxylic acids is 2. The molecule has 7 nitrogen and oxygen atoms in total. The molecule has 0 radical (unpaired) electrons. The predicted octanol–water partition coefficient (Wildman–Crippen LogP) is 3.70. The molecule has 1 aliphatic rings. The molecule has 1 aliphatic heterocycles. The molecule has 0 saturated carbocycles. The predicted molar refractivity (Wildman–Crippen MR) is 127 cm³/mol. The van der Waals surface area contributed by atoms with E-state index >= 15 is 0 Å². The molecule has 2 heterocycles. The largest absolute Gasteiger partial charge is 0.495 e. The number of nitrogens with zero attached hydrogens (tertiary/aromatic N) is 1. The number of ether oxygens (including phenoxy) is 1. The molecule has 1 atom stereocenters. The number of para-hydroxylation sites is 2. The molecule has 1 fully saturated rings. The summed E-state index contributed by atoms with van der Waals surface area (Å²) >= 11 is 0. The van der Waals surface area contributed by atoms with Gasteiger partial charge in [-0.3, -0.25) is 9.59 Å². The van der Waals surface area contributed by atoms with Crippen molar-refractivity contribution >= 4 is 23.6 Å². The molecule has 3 aromatic rings. The van der Waals surface area contributed by atoms with Gasteiger partial charge in [-0.2, -0.15) is 0 Å². The van der Waals surface area contributed by atoms with Gasteiger partial charge in [-0.1, -0.05) is 30.3 Å². The van der Waals surface area contributed by atoms with Crippen LogP contribution < -0.4 is 20.3 Å². The average Bonchev–Trinajstić information content (AvgIpc) is 3.55. The lowest BCUT2D eigenvalue weighted by molar-refractivity contribution is -0.117. The van der Waals surface area contributed by atoms with Crippen molar-refractivity contribution in [3.05, 3.63) is 90.0 Å². The molecule has 2 amide bonds. The van der Waals surface area contributed by atoms with E-state index in [1.165, 1.54) is 12.3 Å². The van der Waals surface area contributed by atoms with Gasteiger partial charge in [-0.05, 0) is 48.7 Å². The van der Waals surface area contributed by atoms with Crippen molar-refractivity contribution in [2.45, 2.75) is 6.42 Å². The van der Waals surface area contributed by atoms with E-state index in [4.69, 9.17) is 9.15 Å². The Morgan fingerprint density at radius 3 is 2.64 bits per heavy atom. The maximum atomic E-state index is 13.0. The topological polar surface area (TPSA) is 83.8 Å². The van der Waals surface area contributed by atoms with E-state index in [2.05, 4.69) is 15.5 Å². The number of furan rings is 1. The number of hydrogen-bond donors (Lipinski definition) is 2. The van der Waals surface area contributed by atoms with Crippen molar-refractivity contribution in [1.82, 2.24) is 10.6 Å². The fourth-order valence-corrected chi connectivity index (χ4v) is 3.90. The summed E-state index contributed by atoms with van der Waals surface area (Å²) in [5.41, 5.74) is 1.67. The first-order chi connectivity index (χ1) is 16.1. The maximum absolute atomic E-state index is 13.0. The van der Waals surface area contributed by atoms with Crippen LogP contribution in [0.5, 0.6) is 5.75 Å². The van der Waals surface area contributed by atoms with Crippen LogP contribution in [0.15, 0.2) is 83.1 Å². The van der Waals surface area contributed by atoms with Crippen molar-refractivity contribution in [2.24, 2.45) is 5.92 Å². The first kappa shape index (κ1) is 22.2. The Hall–Kier alpha value is -4.00. The molecule has 1 aromatic heterocycles. The zero-order chi connectivity index (χ0) is 23.0. The number of hydrogen-bond acceptors (Lipinski definition) is 5. The van der Waals surface area contributed by atoms with Gasteiger partial charge < -0.3 is 24.7 Å². The molecule has 2 aromatic carbocycles. The summed E-state index contributed by atoms with van der Waals surface area (Å²) in [4.78, 5) is 27.9. The zero-order valence-corrected chi connectivity index (χ0v) is 18.5. The van der Waals surface area contributed by atoms with Crippen LogP contribution in [0.3, 0.4) is 0 Å². The maximum Gasteiger partial charge on any atom is 0.267 e. The fraction of sp³-hybridized carbons (Fsp3) is 0.231. The number of carbonyl (C=O) groups is 2. The van der Waals surface area contributed by atoms with Gasteiger partial charge in [0.15, 0.2) is 0 Å². The number of anilines is 1. The number of nitrogens with one attached hydrogen (secondary N) is 2. The number of benzene rings is 2. The highest BCUT2D eigenvalue weighted by Crippen LogP contribution is 2.31. The molecule has 4 rings (SSSR count). The van der Waals surface area contributed by atoms with Gasteiger partial charge in [0.25, 0.3) is 11.8 Å². The van der Waals surface area contributed by atoms with Gasteiger partial charge in [0.2, 0.25) is 0 Å². The summed E-state index contributed by atoms with van der Waals surface area (Å²) in [5, 5.41) is 5.69. The number of amides is 2. The summed E-state index contributed by atoms with van der Waals surface area (Å²) in [6, 6.07) is 20.2. The van der Waals surface area contributed by atoms with E-state index < -0.39 is 0 Å². The van der Waals surface area contributed by atoms with E-state index in [9.17, 15) is 9.59 Å². The van der Waals surface area contributed by atoms with Crippen LogP contribution in [0.4, 0.5) is 5.69 Å². The SMILES string of the molecule is COc1ccccc1N1CCC(CNC(=O)C(=Cc2ccco2)NC(=O)c2ccccc2)C1. The summed E-state index contributed by atoms with van der Waals surface area (Å²) in [5.74, 6) is 0.901. The summed E-state index contributed by atoms with van der Waals surface area (Å²) in [7, 11) is 1.67. The average molecular weight is 446 g/mol. The Bertz CT molecular complexity index is 1110. The Balaban J connectivity index is 1.39. The molecular weight excluding hydrogens is 418 g/mol. The van der Waals surface area contributed by atoms with Crippen LogP contribution in [-0.2, 0) is 4.79 Å². The Kier molecular flexibility index (Phi) is 7.09. The quantitative estimate of drug-likeness (QED) is 0.517. The lowest BCUT2D eigenvalue weighted by Crippen LogP contribution is -2.37. The second-order valence-corrected chi connectivity index (χ2v) is 7.88. The van der Waals surface area contributed by atoms with Crippen molar-refractivity contribution in [1.29, 1.82) is 0 Å². The first-order valence-corrected chi connectivity index (χ1v) is 10.9. The highest BCUT2D eigenvalue weighted by atomic mass is 16.5. The zero-order valence-electron chi connectivity index (χ0n) is 18.5. The van der Waals surface area contributed by atoms with Crippen LogP contribution in [0.25, 0.3) is 6.08 Å². The van der Waals surface area contributed by atoms with Crippen LogP contribution in [0.1, 0.15) is 22.5 Å². The summed E-state index contributed by atoms with van der Waals surface area (Å²) in [6.07, 6.45) is 4.00. The summed E-state index contributed by atoms with van der Waals surface area (Å²) < 4.78 is 10.8. The van der Waals surface area contributed by atoms with Crippen LogP contribution in [0, 0.1) is 5.92 Å². The lowest BCUT2D eigenvalue weighted by Gasteiger charge is -2.21. The van der Waals surface area contributed by atoms with E-state index in [0.717, 1.165) is 30.9 Å². The summed E-state index contributed by atoms with van der Waals surface area (Å²) in [6.45, 7) is 2.20. The van der Waals surface area contributed by atoms with Crippen molar-refractivity contribution in [2.75, 3.05) is 31.6 Å². The van der Waals surface area contributed by atoms with E-state index in [1.807, 2.05) is 30.3 Å². The Morgan fingerprint density at radius 2 is 1.88 bits per heavy atom. The number of rotatable bonds is 8. The standard InChI is InChI=1S/C26H27N3O4/c1-32-24-12-6-5-11-23(24)29-14-13-19(18-29)17-27-26(31)22(16-21-10-7-15-33-21)28-25(30)20-8-3-2-4-9-20/h2-12,15-16,19H,13-14,17-18H2,1H3,(H,27,31)(H,28,30). The monoisotopic (exact) mass is 445 g/mol. The van der Waals surface area contributed by atoms with Gasteiger partial charge in [-0.25, -0.2) is 0 Å². The molecule has 2 N–H and O–H groups in total. The van der Waals surface area contributed by atoms with Crippen molar-refractivity contribution < 1.29 is 18.7 Å². The van der Waals surface area contributed by atoms with E-state index in [0.29, 0.717) is 17.9 Å². The molecule has 0 aliphatic carbocycles. The minimum Gasteiger partial charge on any atom is -0.495 e. The van der Waals surface area contributed by atoms with Gasteiger partial charge in [0.1, 0.15) is 17.2 Å². The highest BCUT2D eigenvalue weighted by molar-refractivity contribution is 6.05. The smallest absolute Gasteiger partial charge is 0.267 e. The van der Waals surface area contributed by atoms with E-state index in [1.54, 1.807) is 43.5 Å². The molecule has 7 heteroatoms. The molecule has 1 saturated heterocycles. The molecule has 1 unspecified atom stereocenters. The third-order valence-corrected chi connectivity index (χ3v) is 5.62. The lowest BCUT2D eigenvalue weighted by atomic mass is 10.1. The van der Waals surface area contributed by atoms with Crippen molar-refractivity contribution in [3.8, 4) is 5.75 Å². The van der Waals surface area contributed by atoms with Crippen LogP contribution in [-0.4, -0.2) is 38.6 Å². The minimum atomic E-state index is -0.355. The molecule has 170 valence electrons. The number of methoxy groups -OCH3 is 1. The van der Waals surface area contributed by atoms with Gasteiger partial charge >= 0.3 is 0 Å². The Morgan fingerprint density at radius 1 is 1.09 bits per heavy atom. The second-order valence-electron chi connectivity index (χ2n) is 7.88. The van der Waals surface area contributed by atoms with Gasteiger partial charge in [0, 0.05) is 31.3 Å². The minimum absolute atomic E-state index is 0.137. The first-order valence-electron chi connectivity index (χ1n) is 10.9. The molecule has 0 bridgehead atoms. The van der Waals surface area contributed by atoms with Gasteiger partial charge in [-0.15, -0.1) is 0 Å². The second kappa shape index (κ2) is 10.5. The third kappa shape index (κ3) is 5.63. The molecular formula is C26H27N3O4. The Labute approximate surface area is 193 Å². The fourth-order valence-electron chi connectivity index (χ4n) is 3.90. The molecule has 0 spiro atoms. The van der Waals surface area contributed by atoms with Crippen LogP contribution in [0.2, 0.25) is 0 Å².